The Balaban J connectivity index is 1.67. The Morgan fingerprint density at radius 1 is 1.15 bits per heavy atom. The van der Waals surface area contributed by atoms with Gasteiger partial charge in [0.2, 0.25) is 5.91 Å². The molecular weight excluding hydrogens is 324 g/mol. The number of amides is 1. The summed E-state index contributed by atoms with van der Waals surface area (Å²) in [6.07, 6.45) is 3.48. The Kier molecular flexibility index (Phi) is 6.58. The molecule has 0 radical (unpaired) electrons. The largest absolute Gasteiger partial charge is 0.379 e. The van der Waals surface area contributed by atoms with E-state index >= 15 is 0 Å². The van der Waals surface area contributed by atoms with Crippen molar-refractivity contribution < 1.29 is 9.53 Å². The number of nitrogens with zero attached hydrogens (tertiary/aromatic N) is 1. The van der Waals surface area contributed by atoms with E-state index in [1.54, 1.807) is 6.08 Å². The number of nitrogens with one attached hydrogen (secondary N) is 1. The molecule has 26 heavy (non-hydrogen) atoms. The van der Waals surface area contributed by atoms with E-state index in [2.05, 4.69) is 28.4 Å². The van der Waals surface area contributed by atoms with Crippen LogP contribution in [-0.4, -0.2) is 43.7 Å². The van der Waals surface area contributed by atoms with Gasteiger partial charge in [0.15, 0.2) is 0 Å². The van der Waals surface area contributed by atoms with Gasteiger partial charge >= 0.3 is 0 Å². The first-order chi connectivity index (χ1) is 12.7. The van der Waals surface area contributed by atoms with E-state index < -0.39 is 0 Å². The first kappa shape index (κ1) is 18.4. The minimum atomic E-state index is -0.0754. The van der Waals surface area contributed by atoms with E-state index in [1.165, 1.54) is 5.56 Å². The number of morpholine rings is 1. The zero-order valence-corrected chi connectivity index (χ0v) is 15.2. The van der Waals surface area contributed by atoms with Crippen molar-refractivity contribution in [3.8, 4) is 0 Å². The number of ether oxygens (including phenoxy) is 1. The van der Waals surface area contributed by atoms with Gasteiger partial charge in [-0.15, -0.1) is 0 Å². The maximum Gasteiger partial charge on any atom is 0.244 e. The second-order valence-corrected chi connectivity index (χ2v) is 6.63. The molecule has 1 aliphatic heterocycles. The van der Waals surface area contributed by atoms with Crippen molar-refractivity contribution in [3.63, 3.8) is 0 Å². The maximum atomic E-state index is 12.5. The van der Waals surface area contributed by atoms with Crippen LogP contribution >= 0.6 is 0 Å². The Hall–Kier alpha value is -2.43. The molecule has 1 heterocycles. The van der Waals surface area contributed by atoms with Crippen LogP contribution in [0, 0.1) is 6.92 Å². The van der Waals surface area contributed by atoms with Crippen molar-refractivity contribution in [3.05, 3.63) is 77.4 Å². The molecule has 2 aromatic carbocycles. The van der Waals surface area contributed by atoms with Crippen LogP contribution in [0.15, 0.2) is 60.7 Å². The molecule has 4 heteroatoms. The van der Waals surface area contributed by atoms with Gasteiger partial charge in [-0.1, -0.05) is 60.2 Å². The lowest BCUT2D eigenvalue weighted by Crippen LogP contribution is -2.42. The van der Waals surface area contributed by atoms with E-state index in [9.17, 15) is 4.79 Å². The first-order valence-corrected chi connectivity index (χ1v) is 9.11. The molecule has 2 aromatic rings. The topological polar surface area (TPSA) is 41.6 Å². The summed E-state index contributed by atoms with van der Waals surface area (Å²) in [5, 5.41) is 3.16. The summed E-state index contributed by atoms with van der Waals surface area (Å²) in [6.45, 7) is 6.14. The van der Waals surface area contributed by atoms with E-state index in [0.717, 1.165) is 44.0 Å². The van der Waals surface area contributed by atoms with Crippen LogP contribution in [0.1, 0.15) is 22.7 Å². The molecule has 1 atom stereocenters. The van der Waals surface area contributed by atoms with Crippen molar-refractivity contribution >= 4 is 12.0 Å². The van der Waals surface area contributed by atoms with Crippen LogP contribution in [0.5, 0.6) is 0 Å². The standard InChI is InChI=1S/C22H26N2O2/c1-18-6-5-7-19(16-18)10-11-22(25)23-21(20-8-3-2-4-9-20)17-24-12-14-26-15-13-24/h2-11,16,21H,12-15,17H2,1H3,(H,23,25)/b11-10+/t21-/m1/s1. The fourth-order valence-corrected chi connectivity index (χ4v) is 3.13. The average Bonchev–Trinajstić information content (AvgIpc) is 2.67. The van der Waals surface area contributed by atoms with Crippen LogP contribution in [-0.2, 0) is 9.53 Å². The van der Waals surface area contributed by atoms with Crippen molar-refractivity contribution in [1.29, 1.82) is 0 Å². The number of rotatable bonds is 6. The molecule has 1 amide bonds. The summed E-state index contributed by atoms with van der Waals surface area (Å²) in [4.78, 5) is 14.8. The lowest BCUT2D eigenvalue weighted by atomic mass is 10.1. The third-order valence-corrected chi connectivity index (χ3v) is 4.53. The van der Waals surface area contributed by atoms with E-state index in [-0.39, 0.29) is 11.9 Å². The van der Waals surface area contributed by atoms with Gasteiger partial charge in [0.25, 0.3) is 0 Å². The average molecular weight is 350 g/mol. The lowest BCUT2D eigenvalue weighted by molar-refractivity contribution is -0.117. The van der Waals surface area contributed by atoms with Gasteiger partial charge in [-0.3, -0.25) is 9.69 Å². The van der Waals surface area contributed by atoms with Crippen LogP contribution in [0.25, 0.3) is 6.08 Å². The molecule has 0 aromatic heterocycles. The predicted octanol–water partition coefficient (Wildman–Crippen LogP) is 3.20. The summed E-state index contributed by atoms with van der Waals surface area (Å²) in [7, 11) is 0. The molecule has 4 nitrogen and oxygen atoms in total. The molecule has 0 bridgehead atoms. The van der Waals surface area contributed by atoms with Crippen molar-refractivity contribution in [2.45, 2.75) is 13.0 Å². The van der Waals surface area contributed by atoms with Gasteiger partial charge in [0.1, 0.15) is 0 Å². The highest BCUT2D eigenvalue weighted by atomic mass is 16.5. The Morgan fingerprint density at radius 3 is 2.65 bits per heavy atom. The molecular formula is C22H26N2O2. The van der Waals surface area contributed by atoms with Crippen LogP contribution in [0.4, 0.5) is 0 Å². The highest BCUT2D eigenvalue weighted by Crippen LogP contribution is 2.15. The summed E-state index contributed by atoms with van der Waals surface area (Å²) in [6, 6.07) is 18.2. The molecule has 0 unspecified atom stereocenters. The molecule has 0 aliphatic carbocycles. The lowest BCUT2D eigenvalue weighted by Gasteiger charge is -2.31. The summed E-state index contributed by atoms with van der Waals surface area (Å²) in [5.41, 5.74) is 3.34. The normalized spacial score (nSPS) is 16.5. The molecule has 1 aliphatic rings. The highest BCUT2D eigenvalue weighted by Gasteiger charge is 2.19. The van der Waals surface area contributed by atoms with E-state index in [4.69, 9.17) is 4.74 Å². The fourth-order valence-electron chi connectivity index (χ4n) is 3.13. The summed E-state index contributed by atoms with van der Waals surface area (Å²) in [5.74, 6) is -0.0754. The summed E-state index contributed by atoms with van der Waals surface area (Å²) < 4.78 is 5.43. The van der Waals surface area contributed by atoms with Crippen molar-refractivity contribution in [1.82, 2.24) is 10.2 Å². The molecule has 3 rings (SSSR count). The second-order valence-electron chi connectivity index (χ2n) is 6.63. The Labute approximate surface area is 155 Å². The third kappa shape index (κ3) is 5.55. The number of carbonyl (C=O) groups is 1. The smallest absolute Gasteiger partial charge is 0.244 e. The molecule has 1 saturated heterocycles. The maximum absolute atomic E-state index is 12.5. The Morgan fingerprint density at radius 2 is 1.92 bits per heavy atom. The van der Waals surface area contributed by atoms with Gasteiger partial charge in [-0.2, -0.15) is 0 Å². The number of aryl methyl sites for hydroxylation is 1. The van der Waals surface area contributed by atoms with Gasteiger partial charge in [0.05, 0.1) is 19.3 Å². The Bertz CT molecular complexity index is 737. The number of benzene rings is 2. The number of hydrogen-bond acceptors (Lipinski definition) is 3. The van der Waals surface area contributed by atoms with Gasteiger partial charge in [-0.05, 0) is 24.1 Å². The SMILES string of the molecule is Cc1cccc(/C=C/C(=O)N[C@H](CN2CCOCC2)c2ccccc2)c1. The summed E-state index contributed by atoms with van der Waals surface area (Å²) >= 11 is 0. The van der Waals surface area contributed by atoms with Crippen LogP contribution in [0.3, 0.4) is 0 Å². The molecule has 0 saturated carbocycles. The second kappa shape index (κ2) is 9.32. The molecule has 1 N–H and O–H groups in total. The number of hydrogen-bond donors (Lipinski definition) is 1. The third-order valence-electron chi connectivity index (χ3n) is 4.53. The van der Waals surface area contributed by atoms with Crippen LogP contribution in [0.2, 0.25) is 0 Å². The van der Waals surface area contributed by atoms with Gasteiger partial charge in [0, 0.05) is 25.7 Å². The predicted molar refractivity (Wildman–Crippen MR) is 105 cm³/mol. The number of carbonyl (C=O) groups excluding carboxylic acids is 1. The molecule has 136 valence electrons. The van der Waals surface area contributed by atoms with Crippen molar-refractivity contribution in [2.75, 3.05) is 32.8 Å². The van der Waals surface area contributed by atoms with E-state index in [0.29, 0.717) is 0 Å². The quantitative estimate of drug-likeness (QED) is 0.814. The monoisotopic (exact) mass is 350 g/mol. The van der Waals surface area contributed by atoms with Crippen molar-refractivity contribution in [2.24, 2.45) is 0 Å². The van der Waals surface area contributed by atoms with Gasteiger partial charge in [-0.25, -0.2) is 0 Å². The minimum absolute atomic E-state index is 0.0380. The highest BCUT2D eigenvalue weighted by molar-refractivity contribution is 5.92. The van der Waals surface area contributed by atoms with Gasteiger partial charge < -0.3 is 10.1 Å². The van der Waals surface area contributed by atoms with Crippen LogP contribution < -0.4 is 5.32 Å². The zero-order chi connectivity index (χ0) is 18.2. The fraction of sp³-hybridized carbons (Fsp3) is 0.318. The molecule has 1 fully saturated rings. The minimum Gasteiger partial charge on any atom is -0.379 e. The first-order valence-electron chi connectivity index (χ1n) is 9.11. The van der Waals surface area contributed by atoms with E-state index in [1.807, 2.05) is 49.4 Å². The zero-order valence-electron chi connectivity index (χ0n) is 15.2. The molecule has 0 spiro atoms.